The molecule has 7 heteroatoms. The molecule has 0 radical (unpaired) electrons. The van der Waals surface area contributed by atoms with Crippen LogP contribution >= 0.6 is 0 Å². The van der Waals surface area contributed by atoms with E-state index in [2.05, 4.69) is 9.97 Å². The van der Waals surface area contributed by atoms with Crippen LogP contribution in [-0.2, 0) is 11.2 Å². The number of amides is 1. The monoisotopic (exact) mass is 383 g/mol. The molecule has 1 aromatic carbocycles. The van der Waals surface area contributed by atoms with Crippen LogP contribution in [0.1, 0.15) is 34.9 Å². The highest BCUT2D eigenvalue weighted by atomic mass is 16.5. The lowest BCUT2D eigenvalue weighted by Gasteiger charge is -2.37. The van der Waals surface area contributed by atoms with E-state index in [4.69, 9.17) is 4.74 Å². The molecule has 0 saturated carbocycles. The van der Waals surface area contributed by atoms with E-state index in [0.29, 0.717) is 38.2 Å². The zero-order chi connectivity index (χ0) is 19.9. The number of rotatable bonds is 4. The molecule has 28 heavy (non-hydrogen) atoms. The summed E-state index contributed by atoms with van der Waals surface area (Å²) in [5.41, 5.74) is 2.59. The first-order valence-electron chi connectivity index (χ1n) is 9.60. The summed E-state index contributed by atoms with van der Waals surface area (Å²) in [5.74, 6) is 0.964. The molecule has 3 heterocycles. The predicted octanol–water partition coefficient (Wildman–Crippen LogP) is 1.32. The number of benzene rings is 1. The maximum Gasteiger partial charge on any atom is 0.345 e. The van der Waals surface area contributed by atoms with Gasteiger partial charge in [-0.15, -0.1) is 0 Å². The van der Waals surface area contributed by atoms with Crippen molar-refractivity contribution in [1.82, 2.24) is 14.9 Å². The summed E-state index contributed by atoms with van der Waals surface area (Å²) in [4.78, 5) is 32.9. The Morgan fingerprint density at radius 2 is 2.18 bits per heavy atom. The molecule has 1 saturated heterocycles. The molecule has 1 fully saturated rings. The maximum atomic E-state index is 12.9. The lowest BCUT2D eigenvalue weighted by molar-refractivity contribution is -0.130. The molecule has 0 aliphatic carbocycles. The van der Waals surface area contributed by atoms with Gasteiger partial charge in [0.05, 0.1) is 18.6 Å². The third-order valence-corrected chi connectivity index (χ3v) is 6.17. The van der Waals surface area contributed by atoms with Crippen LogP contribution in [0.25, 0.3) is 0 Å². The van der Waals surface area contributed by atoms with Gasteiger partial charge in [0.25, 0.3) is 0 Å². The van der Waals surface area contributed by atoms with Crippen LogP contribution in [0.3, 0.4) is 0 Å². The van der Waals surface area contributed by atoms with Crippen molar-refractivity contribution < 1.29 is 14.6 Å². The van der Waals surface area contributed by atoms with Gasteiger partial charge in [0, 0.05) is 36.8 Å². The van der Waals surface area contributed by atoms with Gasteiger partial charge in [-0.25, -0.2) is 4.79 Å². The summed E-state index contributed by atoms with van der Waals surface area (Å²) in [6.07, 6.45) is 0.868. The number of hydrogen-bond acceptors (Lipinski definition) is 5. The van der Waals surface area contributed by atoms with Crippen LogP contribution in [-0.4, -0.2) is 52.2 Å². The number of likely N-dealkylation sites (tertiary alicyclic amines) is 1. The summed E-state index contributed by atoms with van der Waals surface area (Å²) in [7, 11) is 0. The molecule has 2 aliphatic heterocycles. The number of ether oxygens (including phenoxy) is 1. The van der Waals surface area contributed by atoms with Gasteiger partial charge < -0.3 is 19.7 Å². The third-order valence-electron chi connectivity index (χ3n) is 6.17. The SMILES string of the molecule is Cc1nc(=O)[nH]c(C)c1CCC(=O)N1C[C@@H]2c3ccccc3OC[C@]2(CO)C1. The fourth-order valence-electron chi connectivity index (χ4n) is 4.57. The van der Waals surface area contributed by atoms with Gasteiger partial charge in [0.15, 0.2) is 0 Å². The molecular weight excluding hydrogens is 358 g/mol. The number of aryl methyl sites for hydroxylation is 2. The van der Waals surface area contributed by atoms with Crippen LogP contribution in [0.15, 0.2) is 29.1 Å². The smallest absolute Gasteiger partial charge is 0.345 e. The van der Waals surface area contributed by atoms with Crippen molar-refractivity contribution in [3.63, 3.8) is 0 Å². The number of nitrogens with zero attached hydrogens (tertiary/aromatic N) is 2. The van der Waals surface area contributed by atoms with Crippen molar-refractivity contribution in [1.29, 1.82) is 0 Å². The summed E-state index contributed by atoms with van der Waals surface area (Å²) in [6.45, 7) is 5.09. The largest absolute Gasteiger partial charge is 0.493 e. The Labute approximate surface area is 163 Å². The Morgan fingerprint density at radius 3 is 2.93 bits per heavy atom. The van der Waals surface area contributed by atoms with E-state index in [1.54, 1.807) is 6.92 Å². The normalized spacial score (nSPS) is 23.1. The average molecular weight is 383 g/mol. The molecule has 2 aliphatic rings. The second-order valence-corrected chi connectivity index (χ2v) is 7.90. The standard InChI is InChI=1S/C21H25N3O4/c1-13-15(14(2)23-20(27)22-13)7-8-19(26)24-9-17-16-5-3-4-6-18(16)28-12-21(17,10-24)11-25/h3-6,17,25H,7-12H2,1-2H3,(H,22,23,27)/t17-,21-/m1/s1. The predicted molar refractivity (Wildman–Crippen MR) is 103 cm³/mol. The topological polar surface area (TPSA) is 95.5 Å². The average Bonchev–Trinajstić information content (AvgIpc) is 3.08. The van der Waals surface area contributed by atoms with Crippen LogP contribution in [0, 0.1) is 19.3 Å². The number of para-hydroxylation sites is 1. The van der Waals surface area contributed by atoms with E-state index >= 15 is 0 Å². The Morgan fingerprint density at radius 1 is 1.39 bits per heavy atom. The molecule has 7 nitrogen and oxygen atoms in total. The van der Waals surface area contributed by atoms with Crippen LogP contribution in [0.2, 0.25) is 0 Å². The first kappa shape index (κ1) is 18.7. The lowest BCUT2D eigenvalue weighted by Crippen LogP contribution is -2.42. The van der Waals surface area contributed by atoms with Crippen LogP contribution in [0.5, 0.6) is 5.75 Å². The maximum absolute atomic E-state index is 12.9. The van der Waals surface area contributed by atoms with Crippen LogP contribution < -0.4 is 10.4 Å². The van der Waals surface area contributed by atoms with Gasteiger partial charge >= 0.3 is 5.69 Å². The molecule has 0 unspecified atom stereocenters. The molecule has 4 rings (SSSR count). The zero-order valence-electron chi connectivity index (χ0n) is 16.2. The van der Waals surface area contributed by atoms with Gasteiger partial charge in [0.2, 0.25) is 5.91 Å². The Bertz CT molecular complexity index is 944. The number of carbonyl (C=O) groups excluding carboxylic acids is 1. The number of nitrogens with one attached hydrogen (secondary N) is 1. The summed E-state index contributed by atoms with van der Waals surface area (Å²) in [5, 5.41) is 10.1. The molecule has 2 N–H and O–H groups in total. The van der Waals surface area contributed by atoms with Gasteiger partial charge in [-0.2, -0.15) is 4.98 Å². The molecule has 2 atom stereocenters. The molecule has 1 aromatic heterocycles. The second kappa shape index (κ2) is 7.05. The second-order valence-electron chi connectivity index (χ2n) is 7.90. The molecule has 0 bridgehead atoms. The van der Waals surface area contributed by atoms with Crippen molar-refractivity contribution in [2.45, 2.75) is 32.6 Å². The fourth-order valence-corrected chi connectivity index (χ4v) is 4.57. The van der Waals surface area contributed by atoms with Gasteiger partial charge in [-0.3, -0.25) is 4.79 Å². The van der Waals surface area contributed by atoms with Crippen molar-refractivity contribution in [2.75, 3.05) is 26.3 Å². The van der Waals surface area contributed by atoms with E-state index in [-0.39, 0.29) is 24.1 Å². The number of fused-ring (bicyclic) bond motifs is 3. The van der Waals surface area contributed by atoms with Crippen molar-refractivity contribution in [2.24, 2.45) is 5.41 Å². The summed E-state index contributed by atoms with van der Waals surface area (Å²) >= 11 is 0. The molecule has 1 amide bonds. The number of aromatic amines is 1. The number of carbonyl (C=O) groups is 1. The van der Waals surface area contributed by atoms with E-state index in [0.717, 1.165) is 22.6 Å². The quantitative estimate of drug-likeness (QED) is 0.830. The number of aliphatic hydroxyl groups excluding tert-OH is 1. The number of aliphatic hydroxyl groups is 1. The van der Waals surface area contributed by atoms with Crippen molar-refractivity contribution in [3.8, 4) is 5.75 Å². The Hall–Kier alpha value is -2.67. The summed E-state index contributed by atoms with van der Waals surface area (Å²) < 4.78 is 5.89. The van der Waals surface area contributed by atoms with E-state index in [1.165, 1.54) is 0 Å². The minimum Gasteiger partial charge on any atom is -0.493 e. The number of hydrogen-bond donors (Lipinski definition) is 2. The van der Waals surface area contributed by atoms with E-state index in [1.807, 2.05) is 36.1 Å². The Balaban J connectivity index is 1.51. The first-order chi connectivity index (χ1) is 13.4. The highest BCUT2D eigenvalue weighted by Crippen LogP contribution is 2.49. The molecular formula is C21H25N3O4. The fraction of sp³-hybridized carbons (Fsp3) is 0.476. The lowest BCUT2D eigenvalue weighted by atomic mass is 9.74. The Kier molecular flexibility index (Phi) is 4.71. The third kappa shape index (κ3) is 3.09. The van der Waals surface area contributed by atoms with Crippen LogP contribution in [0.4, 0.5) is 0 Å². The highest BCUT2D eigenvalue weighted by molar-refractivity contribution is 5.77. The number of aromatic nitrogens is 2. The first-order valence-corrected chi connectivity index (χ1v) is 9.60. The van der Waals surface area contributed by atoms with Gasteiger partial charge in [-0.05, 0) is 37.5 Å². The minimum absolute atomic E-state index is 0.0160. The van der Waals surface area contributed by atoms with Gasteiger partial charge in [-0.1, -0.05) is 18.2 Å². The zero-order valence-corrected chi connectivity index (χ0v) is 16.2. The highest BCUT2D eigenvalue weighted by Gasteiger charge is 2.51. The minimum atomic E-state index is -0.449. The molecule has 148 valence electrons. The molecule has 0 spiro atoms. The summed E-state index contributed by atoms with van der Waals surface area (Å²) in [6, 6.07) is 7.87. The van der Waals surface area contributed by atoms with Crippen molar-refractivity contribution >= 4 is 5.91 Å². The van der Waals surface area contributed by atoms with E-state index in [9.17, 15) is 14.7 Å². The number of H-pyrrole nitrogens is 1. The van der Waals surface area contributed by atoms with E-state index < -0.39 is 5.41 Å². The van der Waals surface area contributed by atoms with Crippen molar-refractivity contribution in [3.05, 3.63) is 57.3 Å². The molecule has 2 aromatic rings. The van der Waals surface area contributed by atoms with Gasteiger partial charge in [0.1, 0.15) is 5.75 Å².